The minimum Gasteiger partial charge on any atom is -0.393 e. The zero-order valence-corrected chi connectivity index (χ0v) is 16.7. The highest BCUT2D eigenvalue weighted by Gasteiger charge is 2.38. The van der Waals surface area contributed by atoms with Crippen LogP contribution in [-0.2, 0) is 23.9 Å². The fourth-order valence-electron chi connectivity index (χ4n) is 4.26. The molecule has 29 heavy (non-hydrogen) atoms. The Balaban J connectivity index is 1.37. The average molecular weight is 409 g/mol. The summed E-state index contributed by atoms with van der Waals surface area (Å²) >= 11 is 0. The molecule has 0 aromatic heterocycles. The highest BCUT2D eigenvalue weighted by molar-refractivity contribution is 5.94. The predicted molar refractivity (Wildman–Crippen MR) is 103 cm³/mol. The number of Topliss-reactive ketones (excluding diaryl/α,β-unsaturated/α-hetero) is 1. The van der Waals surface area contributed by atoms with E-state index in [1.807, 2.05) is 0 Å². The molecule has 9 nitrogen and oxygen atoms in total. The zero-order valence-electron chi connectivity index (χ0n) is 16.7. The molecule has 3 amide bonds. The normalized spacial score (nSPS) is 27.3. The van der Waals surface area contributed by atoms with Crippen LogP contribution in [0.2, 0.25) is 0 Å². The highest BCUT2D eigenvalue weighted by atomic mass is 16.6. The van der Waals surface area contributed by atoms with E-state index in [9.17, 15) is 24.3 Å². The van der Waals surface area contributed by atoms with Crippen molar-refractivity contribution < 1.29 is 29.0 Å². The standard InChI is InChI=1S/C20H31N3O6/c24-14-6-5-13(8-14)20(28)22-9-17(25)21-10-18(26)23-15(19(27)16-11-29-16)7-12-3-1-2-4-12/h12-16,24H,1-11H2,(H,21,25)(H,22,28)(H,23,26). The van der Waals surface area contributed by atoms with Gasteiger partial charge in [0.15, 0.2) is 5.78 Å². The van der Waals surface area contributed by atoms with E-state index in [2.05, 4.69) is 16.0 Å². The van der Waals surface area contributed by atoms with Gasteiger partial charge in [-0.25, -0.2) is 0 Å². The molecule has 4 N–H and O–H groups in total. The lowest BCUT2D eigenvalue weighted by atomic mass is 9.94. The number of carbonyl (C=O) groups is 4. The first-order valence-electron chi connectivity index (χ1n) is 10.6. The summed E-state index contributed by atoms with van der Waals surface area (Å²) in [6.07, 6.45) is 5.81. The minimum absolute atomic E-state index is 0.0948. The molecule has 2 aliphatic carbocycles. The second kappa shape index (κ2) is 10.2. The number of rotatable bonds is 10. The number of aliphatic hydroxyl groups excluding tert-OH is 1. The summed E-state index contributed by atoms with van der Waals surface area (Å²) in [4.78, 5) is 48.5. The van der Waals surface area contributed by atoms with Gasteiger partial charge in [0.05, 0.1) is 31.8 Å². The Bertz CT molecular complexity index is 630. The van der Waals surface area contributed by atoms with Crippen LogP contribution >= 0.6 is 0 Å². The van der Waals surface area contributed by atoms with E-state index >= 15 is 0 Å². The third-order valence-corrected chi connectivity index (χ3v) is 6.02. The van der Waals surface area contributed by atoms with Crippen LogP contribution in [0.1, 0.15) is 51.4 Å². The number of hydrogen-bond acceptors (Lipinski definition) is 6. The molecule has 3 aliphatic rings. The van der Waals surface area contributed by atoms with Crippen molar-refractivity contribution in [1.82, 2.24) is 16.0 Å². The second-order valence-electron chi connectivity index (χ2n) is 8.39. The molecule has 4 atom stereocenters. The number of amides is 3. The van der Waals surface area contributed by atoms with Gasteiger partial charge in [0, 0.05) is 5.92 Å². The van der Waals surface area contributed by atoms with Gasteiger partial charge >= 0.3 is 0 Å². The van der Waals surface area contributed by atoms with Crippen molar-refractivity contribution >= 4 is 23.5 Å². The monoisotopic (exact) mass is 409 g/mol. The summed E-state index contributed by atoms with van der Waals surface area (Å²) in [5, 5.41) is 17.2. The molecular weight excluding hydrogens is 378 g/mol. The summed E-state index contributed by atoms with van der Waals surface area (Å²) in [6.45, 7) is -0.0692. The Morgan fingerprint density at radius 2 is 1.66 bits per heavy atom. The summed E-state index contributed by atoms with van der Waals surface area (Å²) in [7, 11) is 0. The number of carbonyl (C=O) groups excluding carboxylic acids is 4. The molecule has 3 fully saturated rings. The third-order valence-electron chi connectivity index (χ3n) is 6.02. The Labute approximate surface area is 170 Å². The van der Waals surface area contributed by atoms with Gasteiger partial charge < -0.3 is 25.8 Å². The molecular formula is C20H31N3O6. The number of hydrogen-bond donors (Lipinski definition) is 4. The predicted octanol–water partition coefficient (Wildman–Crippen LogP) is -0.587. The maximum atomic E-state index is 12.4. The van der Waals surface area contributed by atoms with Crippen LogP contribution in [0.4, 0.5) is 0 Å². The van der Waals surface area contributed by atoms with Gasteiger partial charge in [-0.2, -0.15) is 0 Å². The van der Waals surface area contributed by atoms with E-state index in [0.29, 0.717) is 38.2 Å². The van der Waals surface area contributed by atoms with Crippen molar-refractivity contribution in [3.05, 3.63) is 0 Å². The smallest absolute Gasteiger partial charge is 0.239 e. The number of ketones is 1. The van der Waals surface area contributed by atoms with Gasteiger partial charge in [-0.1, -0.05) is 25.7 Å². The van der Waals surface area contributed by atoms with Gasteiger partial charge in [0.25, 0.3) is 0 Å². The first-order valence-corrected chi connectivity index (χ1v) is 10.6. The number of aliphatic hydroxyl groups is 1. The molecule has 0 bridgehead atoms. The van der Waals surface area contributed by atoms with E-state index in [4.69, 9.17) is 4.74 Å². The summed E-state index contributed by atoms with van der Waals surface area (Å²) in [5.41, 5.74) is 0. The molecule has 3 rings (SSSR count). The maximum Gasteiger partial charge on any atom is 0.239 e. The largest absolute Gasteiger partial charge is 0.393 e. The van der Waals surface area contributed by atoms with Crippen LogP contribution in [0.3, 0.4) is 0 Å². The van der Waals surface area contributed by atoms with E-state index in [0.717, 1.165) is 25.7 Å². The van der Waals surface area contributed by atoms with Crippen LogP contribution in [-0.4, -0.2) is 66.6 Å². The van der Waals surface area contributed by atoms with Crippen molar-refractivity contribution in [2.24, 2.45) is 11.8 Å². The molecule has 162 valence electrons. The summed E-state index contributed by atoms with van der Waals surface area (Å²) < 4.78 is 5.07. The second-order valence-corrected chi connectivity index (χ2v) is 8.39. The molecule has 0 aromatic rings. The molecule has 0 spiro atoms. The third kappa shape index (κ3) is 6.78. The molecule has 4 unspecified atom stereocenters. The molecule has 1 aliphatic heterocycles. The van der Waals surface area contributed by atoms with E-state index < -0.39 is 30.1 Å². The summed E-state index contributed by atoms with van der Waals surface area (Å²) in [6, 6.07) is -0.580. The Morgan fingerprint density at radius 3 is 2.28 bits per heavy atom. The lowest BCUT2D eigenvalue weighted by Crippen LogP contribution is -2.48. The molecule has 1 saturated heterocycles. The highest BCUT2D eigenvalue weighted by Crippen LogP contribution is 2.29. The van der Waals surface area contributed by atoms with Crippen molar-refractivity contribution in [1.29, 1.82) is 0 Å². The van der Waals surface area contributed by atoms with Gasteiger partial charge in [-0.3, -0.25) is 19.2 Å². The van der Waals surface area contributed by atoms with E-state index in [1.165, 1.54) is 0 Å². The lowest BCUT2D eigenvalue weighted by Gasteiger charge is -2.20. The van der Waals surface area contributed by atoms with Gasteiger partial charge in [0.2, 0.25) is 17.7 Å². The molecule has 0 radical (unpaired) electrons. The molecule has 9 heteroatoms. The van der Waals surface area contributed by atoms with Crippen LogP contribution in [0.15, 0.2) is 0 Å². The Kier molecular flexibility index (Phi) is 7.60. The fraction of sp³-hybridized carbons (Fsp3) is 0.800. The number of nitrogens with one attached hydrogen (secondary N) is 3. The van der Waals surface area contributed by atoms with E-state index in [-0.39, 0.29) is 30.7 Å². The Morgan fingerprint density at radius 1 is 0.966 bits per heavy atom. The zero-order chi connectivity index (χ0) is 20.8. The average Bonchev–Trinajstić information content (AvgIpc) is 3.25. The topological polar surface area (TPSA) is 137 Å². The quantitative estimate of drug-likeness (QED) is 0.356. The van der Waals surface area contributed by atoms with Crippen molar-refractivity contribution in [3.63, 3.8) is 0 Å². The van der Waals surface area contributed by atoms with Gasteiger partial charge in [-0.05, 0) is 31.6 Å². The van der Waals surface area contributed by atoms with Crippen LogP contribution in [0.25, 0.3) is 0 Å². The van der Waals surface area contributed by atoms with Crippen LogP contribution in [0.5, 0.6) is 0 Å². The van der Waals surface area contributed by atoms with Crippen LogP contribution in [0, 0.1) is 11.8 Å². The van der Waals surface area contributed by atoms with Crippen molar-refractivity contribution in [2.75, 3.05) is 19.7 Å². The van der Waals surface area contributed by atoms with Crippen LogP contribution < -0.4 is 16.0 Å². The molecule has 2 saturated carbocycles. The Hall–Kier alpha value is -2.00. The first-order chi connectivity index (χ1) is 13.9. The minimum atomic E-state index is -0.580. The SMILES string of the molecule is O=C(CNC(=O)C1CCC(O)C1)NCC(=O)NC(CC1CCCC1)C(=O)C1CO1. The maximum absolute atomic E-state index is 12.4. The van der Waals surface area contributed by atoms with Crippen molar-refractivity contribution in [3.8, 4) is 0 Å². The fourth-order valence-corrected chi connectivity index (χ4v) is 4.26. The van der Waals surface area contributed by atoms with Gasteiger partial charge in [-0.15, -0.1) is 0 Å². The molecule has 0 aromatic carbocycles. The van der Waals surface area contributed by atoms with Gasteiger partial charge in [0.1, 0.15) is 6.10 Å². The number of epoxide rings is 1. The first kappa shape index (κ1) is 21.7. The lowest BCUT2D eigenvalue weighted by molar-refractivity contribution is -0.130. The molecule has 1 heterocycles. The number of ether oxygens (including phenoxy) is 1. The van der Waals surface area contributed by atoms with Crippen molar-refractivity contribution in [2.45, 2.75) is 69.6 Å². The van der Waals surface area contributed by atoms with E-state index in [1.54, 1.807) is 0 Å². The summed E-state index contributed by atoms with van der Waals surface area (Å²) in [5.74, 6) is -1.10.